The molecule has 6 nitrogen and oxygen atoms in total. The number of hydrogen-bond acceptors (Lipinski definition) is 6. The van der Waals surface area contributed by atoms with E-state index in [2.05, 4.69) is 10.1 Å². The summed E-state index contributed by atoms with van der Waals surface area (Å²) < 4.78 is 10.8. The van der Waals surface area contributed by atoms with Gasteiger partial charge in [0.15, 0.2) is 0 Å². The largest absolute Gasteiger partial charge is 0.379 e. The normalized spacial score (nSPS) is 23.5. The van der Waals surface area contributed by atoms with Crippen LogP contribution >= 0.6 is 11.3 Å². The lowest BCUT2D eigenvalue weighted by atomic mass is 9.95. The molecule has 0 aromatic carbocycles. The Bertz CT molecular complexity index is 764. The molecule has 7 heteroatoms. The van der Waals surface area contributed by atoms with Gasteiger partial charge in [0, 0.05) is 13.2 Å². The first kappa shape index (κ1) is 15.8. The van der Waals surface area contributed by atoms with Gasteiger partial charge in [-0.05, 0) is 40.0 Å². The lowest BCUT2D eigenvalue weighted by Crippen LogP contribution is -2.47. The van der Waals surface area contributed by atoms with Crippen molar-refractivity contribution < 1.29 is 14.1 Å². The molecule has 1 spiro atoms. The summed E-state index contributed by atoms with van der Waals surface area (Å²) >= 11 is 1.44. The van der Waals surface area contributed by atoms with Crippen molar-refractivity contribution in [3.63, 3.8) is 0 Å². The van der Waals surface area contributed by atoms with E-state index in [4.69, 9.17) is 9.26 Å². The number of carbonyl (C=O) groups is 1. The maximum Gasteiger partial charge on any atom is 0.266 e. The van der Waals surface area contributed by atoms with Crippen LogP contribution in [0.15, 0.2) is 4.52 Å². The van der Waals surface area contributed by atoms with Crippen molar-refractivity contribution >= 4 is 17.2 Å². The third kappa shape index (κ3) is 2.29. The fourth-order valence-corrected chi connectivity index (χ4v) is 5.03. The quantitative estimate of drug-likeness (QED) is 0.835. The maximum atomic E-state index is 13.2. The van der Waals surface area contributed by atoms with Gasteiger partial charge in [-0.15, -0.1) is 11.3 Å². The lowest BCUT2D eigenvalue weighted by molar-refractivity contribution is 0.0554. The van der Waals surface area contributed by atoms with Gasteiger partial charge in [0.05, 0.1) is 29.1 Å². The topological polar surface area (TPSA) is 68.5 Å². The molecule has 0 N–H and O–H groups in total. The van der Waals surface area contributed by atoms with E-state index in [1.807, 2.05) is 25.7 Å². The van der Waals surface area contributed by atoms with Crippen LogP contribution in [0.5, 0.6) is 0 Å². The second kappa shape index (κ2) is 5.67. The molecule has 24 heavy (non-hydrogen) atoms. The Labute approximate surface area is 144 Å². The molecule has 0 saturated carbocycles. The third-order valence-electron chi connectivity index (χ3n) is 5.16. The molecule has 2 aliphatic heterocycles. The van der Waals surface area contributed by atoms with Crippen molar-refractivity contribution in [1.29, 1.82) is 0 Å². The highest BCUT2D eigenvalue weighted by Gasteiger charge is 2.47. The number of likely N-dealkylation sites (tertiary alicyclic amines) is 1. The average Bonchev–Trinajstić information content (AvgIpc) is 3.31. The van der Waals surface area contributed by atoms with E-state index in [1.54, 1.807) is 0 Å². The number of nitrogens with zero attached hydrogens (tertiary/aromatic N) is 3. The van der Waals surface area contributed by atoms with E-state index in [1.165, 1.54) is 11.3 Å². The van der Waals surface area contributed by atoms with Crippen molar-refractivity contribution in [2.45, 2.75) is 45.6 Å². The highest BCUT2D eigenvalue weighted by atomic mass is 32.1. The van der Waals surface area contributed by atoms with Crippen LogP contribution in [0.2, 0.25) is 0 Å². The van der Waals surface area contributed by atoms with E-state index in [9.17, 15) is 4.79 Å². The number of aromatic nitrogens is 2. The molecule has 2 fully saturated rings. The van der Waals surface area contributed by atoms with Gasteiger partial charge in [-0.3, -0.25) is 4.79 Å². The predicted molar refractivity (Wildman–Crippen MR) is 90.3 cm³/mol. The number of amides is 1. The Balaban J connectivity index is 1.69. The zero-order valence-electron chi connectivity index (χ0n) is 14.2. The summed E-state index contributed by atoms with van der Waals surface area (Å²) in [4.78, 5) is 20.6. The Morgan fingerprint density at radius 1 is 1.25 bits per heavy atom. The standard InChI is InChI=1S/C17H21N3O3S/c1-10-13(12(3)23-19-10)15-18-11(2)14(24-15)16(21)20-7-4-5-17(20)6-8-22-9-17/h4-9H2,1-3H3. The van der Waals surface area contributed by atoms with Crippen LogP contribution in [0.25, 0.3) is 10.6 Å². The summed E-state index contributed by atoms with van der Waals surface area (Å²) in [6, 6.07) is 0. The van der Waals surface area contributed by atoms with Crippen LogP contribution in [0.1, 0.15) is 46.1 Å². The molecule has 128 valence electrons. The van der Waals surface area contributed by atoms with Crippen LogP contribution in [-0.2, 0) is 4.74 Å². The number of hydrogen-bond donors (Lipinski definition) is 0. The van der Waals surface area contributed by atoms with Gasteiger partial charge in [-0.2, -0.15) is 0 Å². The average molecular weight is 347 g/mol. The maximum absolute atomic E-state index is 13.2. The van der Waals surface area contributed by atoms with E-state index < -0.39 is 0 Å². The Morgan fingerprint density at radius 2 is 2.08 bits per heavy atom. The second-order valence-electron chi connectivity index (χ2n) is 6.72. The summed E-state index contributed by atoms with van der Waals surface area (Å²) in [5.41, 5.74) is 2.39. The fourth-order valence-electron chi connectivity index (χ4n) is 3.87. The van der Waals surface area contributed by atoms with Gasteiger partial charge in [-0.1, -0.05) is 5.16 Å². The van der Waals surface area contributed by atoms with Crippen molar-refractivity contribution in [3.8, 4) is 10.6 Å². The highest BCUT2D eigenvalue weighted by molar-refractivity contribution is 7.17. The molecule has 1 atom stereocenters. The monoisotopic (exact) mass is 347 g/mol. The van der Waals surface area contributed by atoms with Crippen molar-refractivity contribution in [3.05, 3.63) is 22.0 Å². The highest BCUT2D eigenvalue weighted by Crippen LogP contribution is 2.39. The van der Waals surface area contributed by atoms with Crippen molar-refractivity contribution in [1.82, 2.24) is 15.0 Å². The molecule has 4 rings (SSSR count). The van der Waals surface area contributed by atoms with Gasteiger partial charge in [0.1, 0.15) is 15.6 Å². The van der Waals surface area contributed by atoms with Crippen LogP contribution in [0.4, 0.5) is 0 Å². The van der Waals surface area contributed by atoms with Gasteiger partial charge in [0.2, 0.25) is 0 Å². The van der Waals surface area contributed by atoms with Crippen LogP contribution < -0.4 is 0 Å². The van der Waals surface area contributed by atoms with Crippen molar-refractivity contribution in [2.24, 2.45) is 0 Å². The fraction of sp³-hybridized carbons (Fsp3) is 0.588. The number of thiazole rings is 1. The van der Waals surface area contributed by atoms with Gasteiger partial charge < -0.3 is 14.2 Å². The molecule has 0 radical (unpaired) electrons. The molecule has 2 aliphatic rings. The summed E-state index contributed by atoms with van der Waals surface area (Å²) in [6.07, 6.45) is 3.02. The summed E-state index contributed by atoms with van der Waals surface area (Å²) in [6.45, 7) is 7.89. The number of carbonyl (C=O) groups excluding carboxylic acids is 1. The third-order valence-corrected chi connectivity index (χ3v) is 6.33. The molecule has 1 unspecified atom stereocenters. The van der Waals surface area contributed by atoms with Gasteiger partial charge in [0.25, 0.3) is 5.91 Å². The first-order valence-electron chi connectivity index (χ1n) is 8.32. The van der Waals surface area contributed by atoms with E-state index in [0.29, 0.717) is 6.61 Å². The molecule has 2 aromatic heterocycles. The molecule has 0 bridgehead atoms. The minimum absolute atomic E-state index is 0.0889. The molecule has 4 heterocycles. The first-order valence-corrected chi connectivity index (χ1v) is 9.14. The zero-order valence-corrected chi connectivity index (χ0v) is 15.0. The van der Waals surface area contributed by atoms with Gasteiger partial charge in [-0.25, -0.2) is 4.98 Å². The number of ether oxygens (including phenoxy) is 1. The Morgan fingerprint density at radius 3 is 2.75 bits per heavy atom. The van der Waals surface area contributed by atoms with E-state index in [-0.39, 0.29) is 11.4 Å². The number of rotatable bonds is 2. The summed E-state index contributed by atoms with van der Waals surface area (Å²) in [5.74, 6) is 0.827. The number of aryl methyl sites for hydroxylation is 3. The van der Waals surface area contributed by atoms with Gasteiger partial charge >= 0.3 is 0 Å². The Hall–Kier alpha value is -1.73. The van der Waals surface area contributed by atoms with E-state index in [0.717, 1.165) is 65.0 Å². The first-order chi connectivity index (χ1) is 11.5. The molecule has 1 amide bonds. The zero-order chi connectivity index (χ0) is 16.9. The Kier molecular flexibility index (Phi) is 3.73. The van der Waals surface area contributed by atoms with Crippen molar-refractivity contribution in [2.75, 3.05) is 19.8 Å². The lowest BCUT2D eigenvalue weighted by Gasteiger charge is -2.33. The molecular weight excluding hydrogens is 326 g/mol. The predicted octanol–water partition coefficient (Wildman–Crippen LogP) is 3.12. The smallest absolute Gasteiger partial charge is 0.266 e. The SMILES string of the molecule is Cc1nc(-c2c(C)noc2C)sc1C(=O)N1CCCC12CCOC2. The molecular formula is C17H21N3O3S. The van der Waals surface area contributed by atoms with Crippen LogP contribution in [0.3, 0.4) is 0 Å². The molecule has 2 saturated heterocycles. The summed E-state index contributed by atoms with van der Waals surface area (Å²) in [7, 11) is 0. The summed E-state index contributed by atoms with van der Waals surface area (Å²) in [5, 5.41) is 4.80. The molecule has 0 aliphatic carbocycles. The minimum Gasteiger partial charge on any atom is -0.379 e. The molecule has 2 aromatic rings. The second-order valence-corrected chi connectivity index (χ2v) is 7.72. The van der Waals surface area contributed by atoms with Crippen LogP contribution in [-0.4, -0.2) is 46.2 Å². The van der Waals surface area contributed by atoms with Crippen LogP contribution in [0, 0.1) is 20.8 Å². The van der Waals surface area contributed by atoms with E-state index >= 15 is 0 Å². The minimum atomic E-state index is -0.100.